The molecule has 1 saturated heterocycles. The van der Waals surface area contributed by atoms with Crippen LogP contribution in [-0.2, 0) is 0 Å². The molecule has 0 aromatic carbocycles. The highest BCUT2D eigenvalue weighted by Gasteiger charge is 2.19. The largest absolute Gasteiger partial charge is 0.337 e. The zero-order chi connectivity index (χ0) is 11.8. The van der Waals surface area contributed by atoms with Crippen LogP contribution in [0.15, 0.2) is 22.8 Å². The highest BCUT2D eigenvalue weighted by molar-refractivity contribution is 9.10. The zero-order valence-corrected chi connectivity index (χ0v) is 11.2. The molecule has 1 aliphatic rings. The van der Waals surface area contributed by atoms with Gasteiger partial charge in [0.05, 0.1) is 4.47 Å². The molecule has 1 aliphatic heterocycles. The van der Waals surface area contributed by atoms with Gasteiger partial charge in [0, 0.05) is 31.9 Å². The number of nitrogens with one attached hydrogen (secondary N) is 1. The van der Waals surface area contributed by atoms with E-state index in [1.54, 1.807) is 0 Å². The molecule has 0 saturated carbocycles. The number of fused-ring (bicyclic) bond motifs is 1. The van der Waals surface area contributed by atoms with Crippen LogP contribution in [-0.4, -0.2) is 40.3 Å². The van der Waals surface area contributed by atoms with Crippen molar-refractivity contribution >= 4 is 27.5 Å². The quantitative estimate of drug-likeness (QED) is 0.861. The zero-order valence-electron chi connectivity index (χ0n) is 9.60. The second-order valence-electron chi connectivity index (χ2n) is 4.34. The van der Waals surface area contributed by atoms with Gasteiger partial charge in [-0.1, -0.05) is 0 Å². The lowest BCUT2D eigenvalue weighted by molar-refractivity contribution is 0.479. The van der Waals surface area contributed by atoms with Gasteiger partial charge in [-0.15, -0.1) is 5.10 Å². The molecule has 1 unspecified atom stereocenters. The first kappa shape index (κ1) is 11.0. The summed E-state index contributed by atoms with van der Waals surface area (Å²) < 4.78 is 2.79. The average molecular weight is 296 g/mol. The third kappa shape index (κ3) is 2.02. The van der Waals surface area contributed by atoms with Gasteiger partial charge in [-0.3, -0.25) is 0 Å². The molecule has 0 bridgehead atoms. The Morgan fingerprint density at radius 3 is 3.18 bits per heavy atom. The van der Waals surface area contributed by atoms with Gasteiger partial charge in [0.15, 0.2) is 5.65 Å². The van der Waals surface area contributed by atoms with Gasteiger partial charge < -0.3 is 10.2 Å². The van der Waals surface area contributed by atoms with Gasteiger partial charge in [-0.2, -0.15) is 4.98 Å². The molecule has 3 rings (SSSR count). The van der Waals surface area contributed by atoms with Crippen molar-refractivity contribution in [2.45, 2.75) is 13.0 Å². The molecule has 0 aliphatic carbocycles. The van der Waals surface area contributed by atoms with Crippen LogP contribution in [0.1, 0.15) is 6.92 Å². The van der Waals surface area contributed by atoms with Crippen molar-refractivity contribution < 1.29 is 0 Å². The average Bonchev–Trinajstić information content (AvgIpc) is 2.74. The lowest BCUT2D eigenvalue weighted by Gasteiger charge is -2.30. The third-order valence-corrected chi connectivity index (χ3v) is 3.57. The fourth-order valence-electron chi connectivity index (χ4n) is 2.11. The SMILES string of the molecule is CC1CN(c2nc3c(Br)cccn3n2)CCN1. The lowest BCUT2D eigenvalue weighted by atomic mass is 10.2. The molecule has 1 N–H and O–H groups in total. The summed E-state index contributed by atoms with van der Waals surface area (Å²) >= 11 is 3.49. The van der Waals surface area contributed by atoms with E-state index in [2.05, 4.69) is 43.2 Å². The molecule has 2 aromatic rings. The summed E-state index contributed by atoms with van der Waals surface area (Å²) in [6.45, 7) is 5.07. The minimum Gasteiger partial charge on any atom is -0.337 e. The fraction of sp³-hybridized carbons (Fsp3) is 0.455. The lowest BCUT2D eigenvalue weighted by Crippen LogP contribution is -2.49. The normalized spacial score (nSPS) is 21.1. The maximum absolute atomic E-state index is 4.57. The summed E-state index contributed by atoms with van der Waals surface area (Å²) in [6, 6.07) is 4.42. The summed E-state index contributed by atoms with van der Waals surface area (Å²) in [4.78, 5) is 6.80. The number of hydrogen-bond donors (Lipinski definition) is 1. The van der Waals surface area contributed by atoms with Crippen molar-refractivity contribution in [2.24, 2.45) is 0 Å². The van der Waals surface area contributed by atoms with Crippen molar-refractivity contribution in [3.05, 3.63) is 22.8 Å². The van der Waals surface area contributed by atoms with Crippen molar-refractivity contribution in [1.29, 1.82) is 0 Å². The maximum atomic E-state index is 4.57. The molecule has 17 heavy (non-hydrogen) atoms. The molecule has 1 fully saturated rings. The third-order valence-electron chi connectivity index (χ3n) is 2.96. The summed E-state index contributed by atoms with van der Waals surface area (Å²) in [5, 5.41) is 7.92. The van der Waals surface area contributed by atoms with E-state index in [0.717, 1.165) is 35.7 Å². The van der Waals surface area contributed by atoms with Gasteiger partial charge in [-0.25, -0.2) is 4.52 Å². The van der Waals surface area contributed by atoms with Gasteiger partial charge in [0.1, 0.15) is 0 Å². The van der Waals surface area contributed by atoms with E-state index in [1.165, 1.54) is 0 Å². The van der Waals surface area contributed by atoms with Crippen molar-refractivity contribution in [2.75, 3.05) is 24.5 Å². The number of rotatable bonds is 1. The number of pyridine rings is 1. The van der Waals surface area contributed by atoms with Crippen LogP contribution in [0.25, 0.3) is 5.65 Å². The predicted molar refractivity (Wildman–Crippen MR) is 70.4 cm³/mol. The Labute approximate surface area is 108 Å². The molecular formula is C11H14BrN5. The first-order chi connectivity index (χ1) is 8.24. The molecule has 1 atom stereocenters. The number of aromatic nitrogens is 3. The standard InChI is InChI=1S/C11H14BrN5/c1-8-7-16(6-4-13-8)11-14-10-9(12)3-2-5-17(10)15-11/h2-3,5,8,13H,4,6-7H2,1H3. The molecule has 0 spiro atoms. The molecule has 5 nitrogen and oxygen atoms in total. The van der Waals surface area contributed by atoms with E-state index < -0.39 is 0 Å². The van der Waals surface area contributed by atoms with Gasteiger partial charge >= 0.3 is 0 Å². The topological polar surface area (TPSA) is 45.5 Å². The first-order valence-corrected chi connectivity index (χ1v) is 6.52. The highest BCUT2D eigenvalue weighted by Crippen LogP contribution is 2.19. The number of piperazine rings is 1. The second kappa shape index (κ2) is 4.27. The summed E-state index contributed by atoms with van der Waals surface area (Å²) in [6.07, 6.45) is 1.92. The molecule has 2 aromatic heterocycles. The summed E-state index contributed by atoms with van der Waals surface area (Å²) in [5.74, 6) is 0.810. The molecule has 6 heteroatoms. The monoisotopic (exact) mass is 295 g/mol. The van der Waals surface area contributed by atoms with Crippen LogP contribution in [0, 0.1) is 0 Å². The van der Waals surface area contributed by atoms with E-state index in [4.69, 9.17) is 0 Å². The number of nitrogens with zero attached hydrogens (tertiary/aromatic N) is 4. The van der Waals surface area contributed by atoms with E-state index in [1.807, 2.05) is 22.8 Å². The fourth-order valence-corrected chi connectivity index (χ4v) is 2.53. The Hall–Kier alpha value is -1.14. The van der Waals surface area contributed by atoms with Gasteiger partial charge in [0.25, 0.3) is 0 Å². The number of anilines is 1. The Kier molecular flexibility index (Phi) is 2.76. The maximum Gasteiger partial charge on any atom is 0.245 e. The Morgan fingerprint density at radius 1 is 1.53 bits per heavy atom. The van der Waals surface area contributed by atoms with Crippen LogP contribution in [0.5, 0.6) is 0 Å². The molecule has 0 amide bonds. The van der Waals surface area contributed by atoms with Crippen LogP contribution >= 0.6 is 15.9 Å². The van der Waals surface area contributed by atoms with Crippen molar-refractivity contribution in [1.82, 2.24) is 19.9 Å². The molecule has 0 radical (unpaired) electrons. The van der Waals surface area contributed by atoms with Crippen LogP contribution < -0.4 is 10.2 Å². The summed E-state index contributed by atoms with van der Waals surface area (Å²) in [5.41, 5.74) is 0.869. The molecular weight excluding hydrogens is 282 g/mol. The summed E-state index contributed by atoms with van der Waals surface area (Å²) in [7, 11) is 0. The Balaban J connectivity index is 1.97. The van der Waals surface area contributed by atoms with E-state index in [9.17, 15) is 0 Å². The van der Waals surface area contributed by atoms with Gasteiger partial charge in [-0.05, 0) is 35.0 Å². The van der Waals surface area contributed by atoms with Crippen molar-refractivity contribution in [3.8, 4) is 0 Å². The Morgan fingerprint density at radius 2 is 2.41 bits per heavy atom. The minimum atomic E-state index is 0.485. The predicted octanol–water partition coefficient (Wildman–Crippen LogP) is 1.29. The first-order valence-electron chi connectivity index (χ1n) is 5.73. The van der Waals surface area contributed by atoms with Crippen LogP contribution in [0.3, 0.4) is 0 Å². The van der Waals surface area contributed by atoms with Gasteiger partial charge in [0.2, 0.25) is 5.95 Å². The van der Waals surface area contributed by atoms with E-state index >= 15 is 0 Å². The smallest absolute Gasteiger partial charge is 0.245 e. The molecule has 90 valence electrons. The van der Waals surface area contributed by atoms with Crippen LogP contribution in [0.2, 0.25) is 0 Å². The second-order valence-corrected chi connectivity index (χ2v) is 5.19. The van der Waals surface area contributed by atoms with E-state index in [0.29, 0.717) is 6.04 Å². The number of halogens is 1. The van der Waals surface area contributed by atoms with Crippen LogP contribution in [0.4, 0.5) is 5.95 Å². The molecule has 3 heterocycles. The van der Waals surface area contributed by atoms with E-state index in [-0.39, 0.29) is 0 Å². The minimum absolute atomic E-state index is 0.485. The highest BCUT2D eigenvalue weighted by atomic mass is 79.9. The Bertz CT molecular complexity index is 538. The van der Waals surface area contributed by atoms with Crippen molar-refractivity contribution in [3.63, 3.8) is 0 Å². The number of hydrogen-bond acceptors (Lipinski definition) is 4.